The molecule has 0 aliphatic heterocycles. The van der Waals surface area contributed by atoms with Crippen molar-refractivity contribution >= 4 is 11.3 Å². The summed E-state index contributed by atoms with van der Waals surface area (Å²) >= 11 is 0. The van der Waals surface area contributed by atoms with Crippen molar-refractivity contribution in [2.45, 2.75) is 0 Å². The van der Waals surface area contributed by atoms with Gasteiger partial charge in [-0.05, 0) is 17.7 Å². The number of hydrogen-bond acceptors (Lipinski definition) is 4. The summed E-state index contributed by atoms with van der Waals surface area (Å²) in [7, 11) is 1.39. The van der Waals surface area contributed by atoms with Gasteiger partial charge in [0, 0.05) is 6.54 Å². The highest BCUT2D eigenvalue weighted by Crippen LogP contribution is 2.33. The topological polar surface area (TPSA) is 78.4 Å². The zero-order valence-electron chi connectivity index (χ0n) is 8.40. The molecule has 5 nitrogen and oxygen atoms in total. The first-order chi connectivity index (χ1) is 7.11. The lowest BCUT2D eigenvalue weighted by molar-refractivity contribution is -0.386. The standard InChI is InChI=1S/C10H12N2O3/c1-7(6-11)8-4-3-5-9(15-2)10(8)12(13)14/h3-5H,1,6,11H2,2H3. The Morgan fingerprint density at radius 3 is 2.80 bits per heavy atom. The SMILES string of the molecule is C=C(CN)c1cccc(OC)c1[N+](=O)[O-]. The fourth-order valence-corrected chi connectivity index (χ4v) is 1.27. The lowest BCUT2D eigenvalue weighted by atomic mass is 10.1. The quantitative estimate of drug-likeness (QED) is 0.601. The molecule has 0 fully saturated rings. The Labute approximate surface area is 87.3 Å². The predicted octanol–water partition coefficient (Wildman–Crippen LogP) is 1.58. The fourth-order valence-electron chi connectivity index (χ4n) is 1.27. The van der Waals surface area contributed by atoms with Crippen molar-refractivity contribution in [3.63, 3.8) is 0 Å². The number of ether oxygens (including phenoxy) is 1. The third kappa shape index (κ3) is 2.13. The Morgan fingerprint density at radius 2 is 2.33 bits per heavy atom. The number of rotatable bonds is 4. The van der Waals surface area contributed by atoms with Gasteiger partial charge in [0.15, 0.2) is 5.75 Å². The maximum atomic E-state index is 10.9. The number of benzene rings is 1. The largest absolute Gasteiger partial charge is 0.490 e. The highest BCUT2D eigenvalue weighted by molar-refractivity contribution is 5.75. The summed E-state index contributed by atoms with van der Waals surface area (Å²) in [4.78, 5) is 10.4. The molecule has 0 aliphatic rings. The van der Waals surface area contributed by atoms with Gasteiger partial charge in [-0.15, -0.1) is 0 Å². The lowest BCUT2D eigenvalue weighted by Crippen LogP contribution is -2.04. The molecule has 0 radical (unpaired) electrons. The van der Waals surface area contributed by atoms with Crippen molar-refractivity contribution in [2.75, 3.05) is 13.7 Å². The summed E-state index contributed by atoms with van der Waals surface area (Å²) < 4.78 is 4.92. The van der Waals surface area contributed by atoms with Crippen LogP contribution in [0.1, 0.15) is 5.56 Å². The van der Waals surface area contributed by atoms with E-state index in [1.54, 1.807) is 12.1 Å². The highest BCUT2D eigenvalue weighted by atomic mass is 16.6. The average Bonchev–Trinajstić information content (AvgIpc) is 2.26. The number of nitro groups is 1. The predicted molar refractivity (Wildman–Crippen MR) is 57.7 cm³/mol. The van der Waals surface area contributed by atoms with Crippen molar-refractivity contribution in [3.8, 4) is 5.75 Å². The molecular formula is C10H12N2O3. The van der Waals surface area contributed by atoms with E-state index in [0.717, 1.165) is 0 Å². The minimum atomic E-state index is -0.491. The van der Waals surface area contributed by atoms with Crippen LogP contribution in [0.2, 0.25) is 0 Å². The molecule has 0 aromatic heterocycles. The zero-order valence-corrected chi connectivity index (χ0v) is 8.40. The van der Waals surface area contributed by atoms with Gasteiger partial charge in [0.2, 0.25) is 0 Å². The Bertz CT molecular complexity index is 402. The molecule has 1 aromatic carbocycles. The number of methoxy groups -OCH3 is 1. The van der Waals surface area contributed by atoms with Crippen molar-refractivity contribution in [1.82, 2.24) is 0 Å². The Hall–Kier alpha value is -1.88. The minimum Gasteiger partial charge on any atom is -0.490 e. The summed E-state index contributed by atoms with van der Waals surface area (Å²) in [6, 6.07) is 4.81. The first-order valence-corrected chi connectivity index (χ1v) is 4.31. The van der Waals surface area contributed by atoms with E-state index >= 15 is 0 Å². The zero-order chi connectivity index (χ0) is 11.4. The highest BCUT2D eigenvalue weighted by Gasteiger charge is 2.21. The average molecular weight is 208 g/mol. The maximum Gasteiger partial charge on any atom is 0.318 e. The second kappa shape index (κ2) is 4.56. The van der Waals surface area contributed by atoms with Gasteiger partial charge in [0.25, 0.3) is 0 Å². The molecule has 1 aromatic rings. The van der Waals surface area contributed by atoms with Gasteiger partial charge < -0.3 is 10.5 Å². The third-order valence-corrected chi connectivity index (χ3v) is 2.03. The Kier molecular flexibility index (Phi) is 3.41. The van der Waals surface area contributed by atoms with Gasteiger partial charge in [0.05, 0.1) is 17.6 Å². The van der Waals surface area contributed by atoms with Crippen LogP contribution in [-0.2, 0) is 0 Å². The van der Waals surface area contributed by atoms with E-state index < -0.39 is 4.92 Å². The van der Waals surface area contributed by atoms with E-state index in [0.29, 0.717) is 11.1 Å². The van der Waals surface area contributed by atoms with E-state index in [1.807, 2.05) is 0 Å². The first-order valence-electron chi connectivity index (χ1n) is 4.31. The molecule has 15 heavy (non-hydrogen) atoms. The second-order valence-electron chi connectivity index (χ2n) is 2.92. The third-order valence-electron chi connectivity index (χ3n) is 2.03. The maximum absolute atomic E-state index is 10.9. The fraction of sp³-hybridized carbons (Fsp3) is 0.200. The van der Waals surface area contributed by atoms with E-state index in [2.05, 4.69) is 6.58 Å². The van der Waals surface area contributed by atoms with E-state index in [1.165, 1.54) is 13.2 Å². The number of para-hydroxylation sites is 1. The molecule has 80 valence electrons. The molecule has 0 aliphatic carbocycles. The van der Waals surface area contributed by atoms with Crippen LogP contribution in [-0.4, -0.2) is 18.6 Å². The Morgan fingerprint density at radius 1 is 1.67 bits per heavy atom. The number of nitrogens with zero attached hydrogens (tertiary/aromatic N) is 1. The van der Waals surface area contributed by atoms with Gasteiger partial charge >= 0.3 is 5.69 Å². The molecule has 0 spiro atoms. The van der Waals surface area contributed by atoms with Crippen LogP contribution in [0.4, 0.5) is 5.69 Å². The molecule has 0 unspecified atom stereocenters. The molecule has 0 bridgehead atoms. The Balaban J connectivity index is 3.38. The number of nitrogens with two attached hydrogens (primary N) is 1. The van der Waals surface area contributed by atoms with Gasteiger partial charge in [-0.2, -0.15) is 0 Å². The van der Waals surface area contributed by atoms with Crippen molar-refractivity contribution in [3.05, 3.63) is 40.5 Å². The van der Waals surface area contributed by atoms with Crippen LogP contribution in [0.15, 0.2) is 24.8 Å². The van der Waals surface area contributed by atoms with Crippen LogP contribution in [0.25, 0.3) is 5.57 Å². The molecule has 0 amide bonds. The first kappa shape index (κ1) is 11.2. The number of hydrogen-bond donors (Lipinski definition) is 1. The molecular weight excluding hydrogens is 196 g/mol. The van der Waals surface area contributed by atoms with Crippen LogP contribution >= 0.6 is 0 Å². The van der Waals surface area contributed by atoms with Crippen LogP contribution in [0.5, 0.6) is 5.75 Å². The van der Waals surface area contributed by atoms with Gasteiger partial charge in [-0.1, -0.05) is 12.6 Å². The summed E-state index contributed by atoms with van der Waals surface area (Å²) in [5.41, 5.74) is 6.25. The van der Waals surface area contributed by atoms with Crippen molar-refractivity contribution in [2.24, 2.45) is 5.73 Å². The van der Waals surface area contributed by atoms with Crippen molar-refractivity contribution in [1.29, 1.82) is 0 Å². The summed E-state index contributed by atoms with van der Waals surface area (Å²) in [5, 5.41) is 10.9. The van der Waals surface area contributed by atoms with Crippen molar-refractivity contribution < 1.29 is 9.66 Å². The van der Waals surface area contributed by atoms with Crippen LogP contribution in [0, 0.1) is 10.1 Å². The van der Waals surface area contributed by atoms with Crippen LogP contribution in [0.3, 0.4) is 0 Å². The summed E-state index contributed by atoms with van der Waals surface area (Å²) in [5.74, 6) is 0.215. The van der Waals surface area contributed by atoms with Crippen LogP contribution < -0.4 is 10.5 Å². The molecule has 0 saturated carbocycles. The molecule has 5 heteroatoms. The lowest BCUT2D eigenvalue weighted by Gasteiger charge is -2.07. The minimum absolute atomic E-state index is 0.0875. The molecule has 2 N–H and O–H groups in total. The van der Waals surface area contributed by atoms with Gasteiger partial charge in [-0.25, -0.2) is 0 Å². The van der Waals surface area contributed by atoms with Gasteiger partial charge in [-0.3, -0.25) is 10.1 Å². The smallest absolute Gasteiger partial charge is 0.318 e. The molecule has 0 saturated heterocycles. The molecule has 0 atom stereocenters. The van der Waals surface area contributed by atoms with Gasteiger partial charge in [0.1, 0.15) is 0 Å². The molecule has 1 rings (SSSR count). The van der Waals surface area contributed by atoms with E-state index in [9.17, 15) is 10.1 Å². The summed E-state index contributed by atoms with van der Waals surface area (Å²) in [6.07, 6.45) is 0. The van der Waals surface area contributed by atoms with E-state index in [4.69, 9.17) is 10.5 Å². The summed E-state index contributed by atoms with van der Waals surface area (Å²) in [6.45, 7) is 3.85. The normalized spacial score (nSPS) is 9.73. The second-order valence-corrected chi connectivity index (χ2v) is 2.92. The monoisotopic (exact) mass is 208 g/mol. The number of nitro benzene ring substituents is 1. The van der Waals surface area contributed by atoms with E-state index in [-0.39, 0.29) is 18.0 Å². The molecule has 0 heterocycles.